The van der Waals surface area contributed by atoms with Crippen molar-refractivity contribution in [2.75, 3.05) is 18.0 Å². The van der Waals surface area contributed by atoms with Crippen LogP contribution in [0.2, 0.25) is 0 Å². The van der Waals surface area contributed by atoms with Gasteiger partial charge in [0, 0.05) is 31.4 Å². The molecule has 1 fully saturated rings. The van der Waals surface area contributed by atoms with Gasteiger partial charge in [0.1, 0.15) is 6.33 Å². The molecule has 0 aromatic carbocycles. The second kappa shape index (κ2) is 6.38. The average Bonchev–Trinajstić information content (AvgIpc) is 3.38. The van der Waals surface area contributed by atoms with Crippen LogP contribution in [-0.2, 0) is 0 Å². The lowest BCUT2D eigenvalue weighted by atomic mass is 9.96. The summed E-state index contributed by atoms with van der Waals surface area (Å²) in [5, 5.41) is 17.5. The van der Waals surface area contributed by atoms with Crippen LogP contribution >= 0.6 is 0 Å². The molecular weight excluding hydrogens is 349 g/mol. The zero-order valence-corrected chi connectivity index (χ0v) is 14.4. The summed E-state index contributed by atoms with van der Waals surface area (Å²) in [4.78, 5) is 9.72. The smallest absolute Gasteiger partial charge is 0.183 e. The van der Waals surface area contributed by atoms with Crippen molar-refractivity contribution in [1.29, 1.82) is 0 Å². The Morgan fingerprint density at radius 1 is 1.11 bits per heavy atom. The van der Waals surface area contributed by atoms with E-state index in [1.807, 2.05) is 29.3 Å². The van der Waals surface area contributed by atoms with Crippen LogP contribution in [0.3, 0.4) is 0 Å². The molecule has 1 aliphatic rings. The standard InChI is InChI=1S/C17H16FN9/c18-13-10-19-11-20-17(13)25-8-4-12(5-9-25)16-23-22-14-2-3-15(24-27(14)16)26-7-1-6-21-26/h1-3,6-7,10-12H,4-5,8-9H2. The van der Waals surface area contributed by atoms with Crippen molar-refractivity contribution in [3.05, 3.63) is 54.8 Å². The summed E-state index contributed by atoms with van der Waals surface area (Å²) in [6.45, 7) is 1.37. The van der Waals surface area contributed by atoms with Crippen LogP contribution in [-0.4, -0.2) is 52.6 Å². The van der Waals surface area contributed by atoms with Crippen molar-refractivity contribution in [2.24, 2.45) is 0 Å². The molecule has 4 aromatic heterocycles. The van der Waals surface area contributed by atoms with Gasteiger partial charge in [0.2, 0.25) is 0 Å². The van der Waals surface area contributed by atoms with Crippen molar-refractivity contribution in [3.63, 3.8) is 0 Å². The van der Waals surface area contributed by atoms with E-state index < -0.39 is 5.82 Å². The molecule has 0 saturated carbocycles. The van der Waals surface area contributed by atoms with Gasteiger partial charge in [-0.05, 0) is 31.0 Å². The molecule has 136 valence electrons. The van der Waals surface area contributed by atoms with E-state index in [1.54, 1.807) is 15.4 Å². The Morgan fingerprint density at radius 2 is 2.00 bits per heavy atom. The van der Waals surface area contributed by atoms with Crippen molar-refractivity contribution in [1.82, 2.24) is 39.6 Å². The average molecular weight is 365 g/mol. The minimum Gasteiger partial charge on any atom is -0.354 e. The van der Waals surface area contributed by atoms with Gasteiger partial charge in [0.05, 0.1) is 6.20 Å². The molecule has 0 atom stereocenters. The number of hydrogen-bond donors (Lipinski definition) is 0. The lowest BCUT2D eigenvalue weighted by Crippen LogP contribution is -2.34. The van der Waals surface area contributed by atoms with E-state index >= 15 is 0 Å². The third-order valence-electron chi connectivity index (χ3n) is 4.82. The molecule has 4 aromatic rings. The van der Waals surface area contributed by atoms with E-state index in [1.165, 1.54) is 12.5 Å². The number of fused-ring (bicyclic) bond motifs is 1. The third-order valence-corrected chi connectivity index (χ3v) is 4.82. The topological polar surface area (TPSA) is 89.9 Å². The van der Waals surface area contributed by atoms with Crippen LogP contribution in [0.15, 0.2) is 43.1 Å². The quantitative estimate of drug-likeness (QED) is 0.545. The fraction of sp³-hybridized carbons (Fsp3) is 0.294. The fourth-order valence-corrected chi connectivity index (χ4v) is 3.47. The second-order valence-electron chi connectivity index (χ2n) is 6.43. The maximum absolute atomic E-state index is 13.9. The van der Waals surface area contributed by atoms with Crippen molar-refractivity contribution >= 4 is 11.5 Å². The third kappa shape index (κ3) is 2.78. The molecule has 0 unspecified atom stereocenters. The van der Waals surface area contributed by atoms with Gasteiger partial charge in [-0.1, -0.05) is 0 Å². The molecule has 9 nitrogen and oxygen atoms in total. The normalized spacial score (nSPS) is 15.5. The number of hydrogen-bond acceptors (Lipinski definition) is 7. The predicted molar refractivity (Wildman–Crippen MR) is 94.1 cm³/mol. The molecule has 0 radical (unpaired) electrons. The van der Waals surface area contributed by atoms with E-state index in [2.05, 4.69) is 30.4 Å². The molecule has 1 aliphatic heterocycles. The molecular formula is C17H16FN9. The highest BCUT2D eigenvalue weighted by Gasteiger charge is 2.27. The first-order valence-corrected chi connectivity index (χ1v) is 8.72. The van der Waals surface area contributed by atoms with Crippen molar-refractivity contribution < 1.29 is 4.39 Å². The van der Waals surface area contributed by atoms with Gasteiger partial charge in [-0.3, -0.25) is 0 Å². The molecule has 0 amide bonds. The van der Waals surface area contributed by atoms with E-state index in [0.29, 0.717) is 30.4 Å². The summed E-state index contributed by atoms with van der Waals surface area (Å²) in [7, 11) is 0. The first-order chi connectivity index (χ1) is 13.3. The van der Waals surface area contributed by atoms with Crippen LogP contribution in [0.4, 0.5) is 10.2 Å². The molecule has 10 heteroatoms. The van der Waals surface area contributed by atoms with Crippen LogP contribution in [0, 0.1) is 5.82 Å². The van der Waals surface area contributed by atoms with E-state index in [9.17, 15) is 4.39 Å². The van der Waals surface area contributed by atoms with Gasteiger partial charge < -0.3 is 4.90 Å². The zero-order chi connectivity index (χ0) is 18.2. The maximum Gasteiger partial charge on any atom is 0.183 e. The Bertz CT molecular complexity index is 1070. The lowest BCUT2D eigenvalue weighted by molar-refractivity contribution is 0.467. The van der Waals surface area contributed by atoms with E-state index in [4.69, 9.17) is 0 Å². The van der Waals surface area contributed by atoms with Gasteiger partial charge in [-0.25, -0.2) is 19.0 Å². The summed E-state index contributed by atoms with van der Waals surface area (Å²) in [6.07, 6.45) is 7.75. The van der Waals surface area contributed by atoms with Gasteiger partial charge in [0.25, 0.3) is 0 Å². The van der Waals surface area contributed by atoms with Gasteiger partial charge in [-0.15, -0.1) is 15.3 Å². The summed E-state index contributed by atoms with van der Waals surface area (Å²) in [6, 6.07) is 5.59. The number of piperidine rings is 1. The monoisotopic (exact) mass is 365 g/mol. The highest BCUT2D eigenvalue weighted by molar-refractivity contribution is 5.41. The first kappa shape index (κ1) is 15.8. The zero-order valence-electron chi connectivity index (χ0n) is 14.4. The Labute approximate surface area is 153 Å². The molecule has 1 saturated heterocycles. The molecule has 5 heterocycles. The molecule has 5 rings (SSSR count). The van der Waals surface area contributed by atoms with Crippen LogP contribution in [0.5, 0.6) is 0 Å². The molecule has 0 aliphatic carbocycles. The van der Waals surface area contributed by atoms with E-state index in [0.717, 1.165) is 18.7 Å². The van der Waals surface area contributed by atoms with Crippen LogP contribution < -0.4 is 4.90 Å². The number of aromatic nitrogens is 8. The van der Waals surface area contributed by atoms with Crippen LogP contribution in [0.1, 0.15) is 24.6 Å². The van der Waals surface area contributed by atoms with E-state index in [-0.39, 0.29) is 5.92 Å². The van der Waals surface area contributed by atoms with Crippen molar-refractivity contribution in [3.8, 4) is 5.82 Å². The summed E-state index contributed by atoms with van der Waals surface area (Å²) in [5.74, 6) is 1.68. The highest BCUT2D eigenvalue weighted by Crippen LogP contribution is 2.29. The van der Waals surface area contributed by atoms with Crippen molar-refractivity contribution in [2.45, 2.75) is 18.8 Å². The summed E-state index contributed by atoms with van der Waals surface area (Å²) < 4.78 is 17.4. The lowest BCUT2D eigenvalue weighted by Gasteiger charge is -2.31. The highest BCUT2D eigenvalue weighted by atomic mass is 19.1. The largest absolute Gasteiger partial charge is 0.354 e. The SMILES string of the molecule is Fc1cncnc1N1CCC(c2nnc3ccc(-n4cccn4)nn23)CC1. The minimum absolute atomic E-state index is 0.196. The Balaban J connectivity index is 1.40. The molecule has 0 N–H and O–H groups in total. The number of halogens is 1. The molecule has 27 heavy (non-hydrogen) atoms. The minimum atomic E-state index is -0.394. The summed E-state index contributed by atoms with van der Waals surface area (Å²) >= 11 is 0. The fourth-order valence-electron chi connectivity index (χ4n) is 3.47. The van der Waals surface area contributed by atoms with Gasteiger partial charge in [-0.2, -0.15) is 9.61 Å². The Kier molecular flexibility index (Phi) is 3.73. The Morgan fingerprint density at radius 3 is 2.78 bits per heavy atom. The number of rotatable bonds is 3. The Hall–Kier alpha value is -3.43. The van der Waals surface area contributed by atoms with Gasteiger partial charge in [0.15, 0.2) is 28.9 Å². The summed E-state index contributed by atoms with van der Waals surface area (Å²) in [5.41, 5.74) is 0.699. The predicted octanol–water partition coefficient (Wildman–Crippen LogP) is 1.62. The first-order valence-electron chi connectivity index (χ1n) is 8.72. The van der Waals surface area contributed by atoms with Gasteiger partial charge >= 0.3 is 0 Å². The second-order valence-corrected chi connectivity index (χ2v) is 6.43. The number of anilines is 1. The maximum atomic E-state index is 13.9. The molecule has 0 spiro atoms. The number of nitrogens with zero attached hydrogens (tertiary/aromatic N) is 9. The van der Waals surface area contributed by atoms with Crippen LogP contribution in [0.25, 0.3) is 11.5 Å². The molecule has 0 bridgehead atoms.